The molecule has 1 saturated heterocycles. The van der Waals surface area contributed by atoms with Crippen LogP contribution in [0.1, 0.15) is 11.1 Å². The van der Waals surface area contributed by atoms with Gasteiger partial charge in [0.15, 0.2) is 5.82 Å². The smallest absolute Gasteiger partial charge is 0.248 e. The van der Waals surface area contributed by atoms with Crippen molar-refractivity contribution in [3.63, 3.8) is 0 Å². The standard InChI is InChI=1S/C26H24N8O/c1-16-3-2-4-19(13-16)30-25(35)22-15-29-11-12-34(22)24-23-21(32-26(28)33-24)10-9-20(31-23)18-7-5-17(14-27)6-8-18/h2-10,13,22,29H,11-12,15H2,1H3,(H,30,35)(H2,28,32,33). The van der Waals surface area contributed by atoms with Crippen molar-refractivity contribution in [3.05, 3.63) is 71.8 Å². The number of piperazine rings is 1. The number of amides is 1. The average Bonchev–Trinajstić information content (AvgIpc) is 2.88. The fourth-order valence-corrected chi connectivity index (χ4v) is 4.23. The van der Waals surface area contributed by atoms with Crippen LogP contribution in [0.5, 0.6) is 0 Å². The van der Waals surface area contributed by atoms with Crippen molar-refractivity contribution in [1.29, 1.82) is 5.26 Å². The van der Waals surface area contributed by atoms with Gasteiger partial charge in [0, 0.05) is 30.9 Å². The molecule has 0 spiro atoms. The molecule has 1 fully saturated rings. The molecule has 0 saturated carbocycles. The number of carbonyl (C=O) groups excluding carboxylic acids is 1. The minimum Gasteiger partial charge on any atom is -0.368 e. The number of aromatic nitrogens is 3. The Labute approximate surface area is 202 Å². The lowest BCUT2D eigenvalue weighted by Gasteiger charge is -2.36. The Morgan fingerprint density at radius 2 is 1.97 bits per heavy atom. The fraction of sp³-hybridized carbons (Fsp3) is 0.192. The lowest BCUT2D eigenvalue weighted by Crippen LogP contribution is -2.57. The van der Waals surface area contributed by atoms with Crippen LogP contribution < -0.4 is 21.3 Å². The maximum absolute atomic E-state index is 13.3. The third-order valence-electron chi connectivity index (χ3n) is 5.95. The second-order valence-electron chi connectivity index (χ2n) is 8.43. The number of carbonyl (C=O) groups is 1. The average molecular weight is 465 g/mol. The maximum atomic E-state index is 13.3. The van der Waals surface area contributed by atoms with Crippen molar-refractivity contribution in [2.24, 2.45) is 0 Å². The number of fused-ring (bicyclic) bond motifs is 1. The Hall–Kier alpha value is -4.55. The molecule has 4 N–H and O–H groups in total. The fourth-order valence-electron chi connectivity index (χ4n) is 4.23. The number of anilines is 3. The normalized spacial score (nSPS) is 15.5. The van der Waals surface area contributed by atoms with Crippen molar-refractivity contribution >= 4 is 34.4 Å². The van der Waals surface area contributed by atoms with E-state index in [-0.39, 0.29) is 11.9 Å². The van der Waals surface area contributed by atoms with E-state index >= 15 is 0 Å². The number of nitrogens with one attached hydrogen (secondary N) is 2. The molecular weight excluding hydrogens is 440 g/mol. The quantitative estimate of drug-likeness (QED) is 0.420. The van der Waals surface area contributed by atoms with Gasteiger partial charge in [-0.25, -0.2) is 9.97 Å². The van der Waals surface area contributed by atoms with Crippen LogP contribution in [0.15, 0.2) is 60.7 Å². The van der Waals surface area contributed by atoms with Crippen LogP contribution in [0.4, 0.5) is 17.5 Å². The Morgan fingerprint density at radius 1 is 1.14 bits per heavy atom. The molecule has 35 heavy (non-hydrogen) atoms. The van der Waals surface area contributed by atoms with Gasteiger partial charge in [0.05, 0.1) is 22.8 Å². The largest absolute Gasteiger partial charge is 0.368 e. The van der Waals surface area contributed by atoms with Gasteiger partial charge in [0.2, 0.25) is 11.9 Å². The molecule has 1 aliphatic rings. The highest BCUT2D eigenvalue weighted by molar-refractivity contribution is 5.99. The van der Waals surface area contributed by atoms with Crippen LogP contribution in [0.3, 0.4) is 0 Å². The van der Waals surface area contributed by atoms with E-state index in [9.17, 15) is 4.79 Å². The van der Waals surface area contributed by atoms with Gasteiger partial charge in [0.25, 0.3) is 0 Å². The molecule has 1 unspecified atom stereocenters. The lowest BCUT2D eigenvalue weighted by atomic mass is 10.1. The number of nitrogens with two attached hydrogens (primary N) is 1. The van der Waals surface area contributed by atoms with Crippen LogP contribution in [0.2, 0.25) is 0 Å². The molecule has 1 amide bonds. The van der Waals surface area contributed by atoms with Gasteiger partial charge >= 0.3 is 0 Å². The molecule has 1 atom stereocenters. The van der Waals surface area contributed by atoms with E-state index in [0.717, 1.165) is 16.8 Å². The minimum absolute atomic E-state index is 0.122. The second-order valence-corrected chi connectivity index (χ2v) is 8.43. The molecule has 2 aromatic heterocycles. The van der Waals surface area contributed by atoms with E-state index < -0.39 is 6.04 Å². The van der Waals surface area contributed by atoms with E-state index in [1.807, 2.05) is 60.4 Å². The summed E-state index contributed by atoms with van der Waals surface area (Å²) < 4.78 is 0. The number of hydrogen-bond donors (Lipinski definition) is 3. The zero-order valence-electron chi connectivity index (χ0n) is 19.2. The molecule has 4 aromatic rings. The third kappa shape index (κ3) is 4.60. The number of aryl methyl sites for hydroxylation is 1. The van der Waals surface area contributed by atoms with Gasteiger partial charge in [-0.05, 0) is 48.9 Å². The van der Waals surface area contributed by atoms with E-state index in [2.05, 4.69) is 26.7 Å². The summed E-state index contributed by atoms with van der Waals surface area (Å²) in [5.74, 6) is 0.502. The third-order valence-corrected chi connectivity index (χ3v) is 5.95. The summed E-state index contributed by atoms with van der Waals surface area (Å²) in [6, 6.07) is 20.2. The van der Waals surface area contributed by atoms with E-state index in [0.29, 0.717) is 47.7 Å². The predicted molar refractivity (Wildman–Crippen MR) is 136 cm³/mol. The Bertz CT molecular complexity index is 1440. The molecule has 9 nitrogen and oxygen atoms in total. The molecule has 3 heterocycles. The highest BCUT2D eigenvalue weighted by Crippen LogP contribution is 2.29. The Kier molecular flexibility index (Phi) is 5.95. The van der Waals surface area contributed by atoms with Crippen LogP contribution in [0.25, 0.3) is 22.3 Å². The van der Waals surface area contributed by atoms with Crippen LogP contribution in [0, 0.1) is 18.3 Å². The summed E-state index contributed by atoms with van der Waals surface area (Å²) in [6.45, 7) is 3.69. The zero-order valence-corrected chi connectivity index (χ0v) is 19.2. The maximum Gasteiger partial charge on any atom is 0.248 e. The highest BCUT2D eigenvalue weighted by atomic mass is 16.2. The van der Waals surface area contributed by atoms with Gasteiger partial charge in [0.1, 0.15) is 11.6 Å². The minimum atomic E-state index is -0.512. The first kappa shape index (κ1) is 22.3. The first-order valence-electron chi connectivity index (χ1n) is 11.3. The van der Waals surface area contributed by atoms with Crippen molar-refractivity contribution in [2.45, 2.75) is 13.0 Å². The SMILES string of the molecule is Cc1cccc(NC(=O)C2CNCCN2c2nc(N)nc3ccc(-c4ccc(C#N)cc4)nc23)c1. The molecule has 2 aromatic carbocycles. The Morgan fingerprint density at radius 3 is 2.74 bits per heavy atom. The van der Waals surface area contributed by atoms with Gasteiger partial charge in [-0.2, -0.15) is 10.2 Å². The number of benzene rings is 2. The molecule has 0 bridgehead atoms. The number of rotatable bonds is 4. The highest BCUT2D eigenvalue weighted by Gasteiger charge is 2.31. The summed E-state index contributed by atoms with van der Waals surface area (Å²) in [7, 11) is 0. The van der Waals surface area contributed by atoms with E-state index in [1.54, 1.807) is 12.1 Å². The number of pyridine rings is 1. The monoisotopic (exact) mass is 464 g/mol. The summed E-state index contributed by atoms with van der Waals surface area (Å²) in [5.41, 5.74) is 11.2. The number of nitrogens with zero attached hydrogens (tertiary/aromatic N) is 5. The van der Waals surface area contributed by atoms with Crippen molar-refractivity contribution in [2.75, 3.05) is 35.6 Å². The van der Waals surface area contributed by atoms with Gasteiger partial charge < -0.3 is 21.3 Å². The lowest BCUT2D eigenvalue weighted by molar-refractivity contribution is -0.117. The summed E-state index contributed by atoms with van der Waals surface area (Å²) >= 11 is 0. The van der Waals surface area contributed by atoms with Crippen LogP contribution in [-0.2, 0) is 4.79 Å². The predicted octanol–water partition coefficient (Wildman–Crippen LogP) is 2.87. The topological polar surface area (TPSA) is 133 Å². The van der Waals surface area contributed by atoms with Gasteiger partial charge in [-0.15, -0.1) is 0 Å². The number of hydrogen-bond acceptors (Lipinski definition) is 8. The van der Waals surface area contributed by atoms with Crippen molar-refractivity contribution < 1.29 is 4.79 Å². The molecule has 0 aliphatic carbocycles. The molecule has 1 aliphatic heterocycles. The van der Waals surface area contributed by atoms with E-state index in [4.69, 9.17) is 16.0 Å². The Balaban J connectivity index is 1.54. The second kappa shape index (κ2) is 9.37. The van der Waals surface area contributed by atoms with Crippen LogP contribution in [-0.4, -0.2) is 46.5 Å². The first-order valence-corrected chi connectivity index (χ1v) is 11.3. The molecule has 9 heteroatoms. The van der Waals surface area contributed by atoms with Gasteiger partial charge in [-0.1, -0.05) is 24.3 Å². The molecule has 174 valence electrons. The summed E-state index contributed by atoms with van der Waals surface area (Å²) in [4.78, 5) is 29.0. The van der Waals surface area contributed by atoms with Gasteiger partial charge in [-0.3, -0.25) is 4.79 Å². The summed E-state index contributed by atoms with van der Waals surface area (Å²) in [6.07, 6.45) is 0. The summed E-state index contributed by atoms with van der Waals surface area (Å²) in [5, 5.41) is 15.4. The number of nitrogen functional groups attached to an aromatic ring is 1. The molecular formula is C26H24N8O. The van der Waals surface area contributed by atoms with Crippen LogP contribution >= 0.6 is 0 Å². The number of nitriles is 1. The van der Waals surface area contributed by atoms with E-state index in [1.165, 1.54) is 0 Å². The molecule has 0 radical (unpaired) electrons. The zero-order chi connectivity index (χ0) is 24.4. The molecule has 5 rings (SSSR count). The first-order chi connectivity index (χ1) is 17.0. The van der Waals surface area contributed by atoms with Crippen molar-refractivity contribution in [3.8, 4) is 17.3 Å². The van der Waals surface area contributed by atoms with Crippen molar-refractivity contribution in [1.82, 2.24) is 20.3 Å².